The average molecular weight is 419 g/mol. The normalized spacial score (nSPS) is 22.6. The summed E-state index contributed by atoms with van der Waals surface area (Å²) in [6.45, 7) is 3.46. The lowest BCUT2D eigenvalue weighted by Crippen LogP contribution is -2.52. The van der Waals surface area contributed by atoms with E-state index in [4.69, 9.17) is 0 Å². The predicted octanol–water partition coefficient (Wildman–Crippen LogP) is 3.65. The summed E-state index contributed by atoms with van der Waals surface area (Å²) in [7, 11) is 0. The van der Waals surface area contributed by atoms with Crippen molar-refractivity contribution in [1.82, 2.24) is 14.8 Å². The first-order valence-electron chi connectivity index (χ1n) is 11.6. The molecule has 3 heterocycles. The van der Waals surface area contributed by atoms with Gasteiger partial charge in [0.1, 0.15) is 0 Å². The van der Waals surface area contributed by atoms with Crippen LogP contribution < -0.4 is 4.90 Å². The maximum atomic E-state index is 13.3. The zero-order valence-electron chi connectivity index (χ0n) is 17.9. The number of carbonyl (C=O) groups excluding carboxylic acids is 2. The lowest BCUT2D eigenvalue weighted by atomic mass is 9.94. The minimum absolute atomic E-state index is 0.0748. The molecule has 1 saturated carbocycles. The molecule has 6 heteroatoms. The van der Waals surface area contributed by atoms with Crippen LogP contribution in [0.2, 0.25) is 0 Å². The van der Waals surface area contributed by atoms with Crippen molar-refractivity contribution >= 4 is 17.5 Å². The van der Waals surface area contributed by atoms with Gasteiger partial charge in [-0.1, -0.05) is 37.5 Å². The molecule has 1 unspecified atom stereocenters. The van der Waals surface area contributed by atoms with Crippen molar-refractivity contribution in [2.75, 3.05) is 31.1 Å². The van der Waals surface area contributed by atoms with E-state index in [1.165, 1.54) is 32.1 Å². The number of nitrogens with zero attached hydrogens (tertiary/aromatic N) is 4. The Morgan fingerprint density at radius 2 is 1.68 bits per heavy atom. The van der Waals surface area contributed by atoms with Crippen LogP contribution in [-0.2, 0) is 4.79 Å². The van der Waals surface area contributed by atoms with E-state index in [0.29, 0.717) is 17.3 Å². The molecule has 1 atom stereocenters. The molecule has 1 aromatic carbocycles. The van der Waals surface area contributed by atoms with Crippen molar-refractivity contribution in [3.63, 3.8) is 0 Å². The van der Waals surface area contributed by atoms with E-state index in [1.807, 2.05) is 41.3 Å². The molecule has 0 bridgehead atoms. The molecule has 1 saturated heterocycles. The van der Waals surface area contributed by atoms with Gasteiger partial charge in [-0.05, 0) is 37.1 Å². The van der Waals surface area contributed by atoms with Gasteiger partial charge in [0.15, 0.2) is 0 Å². The van der Waals surface area contributed by atoms with Crippen LogP contribution in [0.1, 0.15) is 60.6 Å². The van der Waals surface area contributed by atoms with Gasteiger partial charge in [-0.15, -0.1) is 0 Å². The fraction of sp³-hybridized carbons (Fsp3) is 0.480. The summed E-state index contributed by atoms with van der Waals surface area (Å²) >= 11 is 0. The van der Waals surface area contributed by atoms with Crippen LogP contribution in [-0.4, -0.2) is 58.8 Å². The van der Waals surface area contributed by atoms with Crippen molar-refractivity contribution in [3.05, 3.63) is 59.9 Å². The summed E-state index contributed by atoms with van der Waals surface area (Å²) < 4.78 is 0. The first-order chi connectivity index (χ1) is 15.2. The molecule has 6 nitrogen and oxygen atoms in total. The quantitative estimate of drug-likeness (QED) is 0.761. The van der Waals surface area contributed by atoms with E-state index in [0.717, 1.165) is 31.9 Å². The number of hydrogen-bond donors (Lipinski definition) is 0. The molecule has 1 aliphatic carbocycles. The van der Waals surface area contributed by atoms with Gasteiger partial charge in [0, 0.05) is 44.1 Å². The van der Waals surface area contributed by atoms with E-state index in [2.05, 4.69) is 9.88 Å². The SMILES string of the molecule is O=C(CC1c2ncccc2C(=O)N1c1ccccc1)N1CCN(C2CCCCC2)CC1. The second-order valence-electron chi connectivity index (χ2n) is 8.88. The highest BCUT2D eigenvalue weighted by atomic mass is 16.2. The Hall–Kier alpha value is -2.73. The molecule has 1 aromatic heterocycles. The van der Waals surface area contributed by atoms with Crippen molar-refractivity contribution in [3.8, 4) is 0 Å². The van der Waals surface area contributed by atoms with Crippen molar-refractivity contribution in [1.29, 1.82) is 0 Å². The number of rotatable bonds is 4. The number of para-hydroxylation sites is 1. The molecular weight excluding hydrogens is 388 g/mol. The molecule has 5 rings (SSSR count). The van der Waals surface area contributed by atoms with Gasteiger partial charge in [-0.3, -0.25) is 24.4 Å². The van der Waals surface area contributed by atoms with Gasteiger partial charge in [-0.2, -0.15) is 0 Å². The molecule has 2 aromatic rings. The van der Waals surface area contributed by atoms with E-state index in [1.54, 1.807) is 17.2 Å². The summed E-state index contributed by atoms with van der Waals surface area (Å²) in [6.07, 6.45) is 8.61. The third-order valence-corrected chi connectivity index (χ3v) is 7.08. The van der Waals surface area contributed by atoms with Crippen LogP contribution in [0.4, 0.5) is 5.69 Å². The zero-order valence-corrected chi connectivity index (χ0v) is 17.9. The van der Waals surface area contributed by atoms with Gasteiger partial charge < -0.3 is 4.90 Å². The number of amides is 2. The molecule has 162 valence electrons. The van der Waals surface area contributed by atoms with Crippen LogP contribution in [0.3, 0.4) is 0 Å². The lowest BCUT2D eigenvalue weighted by Gasteiger charge is -2.41. The average Bonchev–Trinajstić information content (AvgIpc) is 3.12. The molecule has 0 radical (unpaired) electrons. The standard InChI is InChI=1S/C25H30N4O2/c30-23(28-16-14-27(15-17-28)19-8-3-1-4-9-19)18-22-24-21(12-7-13-26-24)25(31)29(22)20-10-5-2-6-11-20/h2,5-7,10-13,19,22H,1,3-4,8-9,14-18H2. The minimum atomic E-state index is -0.352. The number of pyridine rings is 1. The number of carbonyl (C=O) groups is 2. The van der Waals surface area contributed by atoms with Gasteiger partial charge in [0.2, 0.25) is 5.91 Å². The van der Waals surface area contributed by atoms with Crippen molar-refractivity contribution < 1.29 is 9.59 Å². The van der Waals surface area contributed by atoms with Crippen molar-refractivity contribution in [2.24, 2.45) is 0 Å². The van der Waals surface area contributed by atoms with Gasteiger partial charge in [0.05, 0.1) is 23.7 Å². The summed E-state index contributed by atoms with van der Waals surface area (Å²) in [5.74, 6) is 0.0368. The summed E-state index contributed by atoms with van der Waals surface area (Å²) in [6, 6.07) is 13.6. The van der Waals surface area contributed by atoms with Crippen molar-refractivity contribution in [2.45, 2.75) is 50.6 Å². The van der Waals surface area contributed by atoms with Crippen LogP contribution in [0, 0.1) is 0 Å². The maximum Gasteiger partial charge on any atom is 0.260 e. The molecule has 2 amide bonds. The van der Waals surface area contributed by atoms with Crippen LogP contribution >= 0.6 is 0 Å². The fourth-order valence-corrected chi connectivity index (χ4v) is 5.41. The summed E-state index contributed by atoms with van der Waals surface area (Å²) in [5.41, 5.74) is 2.13. The first kappa shape index (κ1) is 20.2. The smallest absolute Gasteiger partial charge is 0.260 e. The highest BCUT2D eigenvalue weighted by Gasteiger charge is 2.41. The van der Waals surface area contributed by atoms with E-state index < -0.39 is 0 Å². The van der Waals surface area contributed by atoms with Crippen LogP contribution in [0.25, 0.3) is 0 Å². The molecule has 2 aliphatic heterocycles. The highest BCUT2D eigenvalue weighted by molar-refractivity contribution is 6.11. The topological polar surface area (TPSA) is 56.8 Å². The second kappa shape index (κ2) is 8.79. The number of anilines is 1. The third-order valence-electron chi connectivity index (χ3n) is 7.08. The second-order valence-corrected chi connectivity index (χ2v) is 8.88. The largest absolute Gasteiger partial charge is 0.340 e. The Bertz CT molecular complexity index is 934. The van der Waals surface area contributed by atoms with E-state index in [9.17, 15) is 9.59 Å². The maximum absolute atomic E-state index is 13.3. The number of aromatic nitrogens is 1. The fourth-order valence-electron chi connectivity index (χ4n) is 5.41. The lowest BCUT2D eigenvalue weighted by molar-refractivity contribution is -0.133. The Morgan fingerprint density at radius 1 is 0.935 bits per heavy atom. The van der Waals surface area contributed by atoms with Crippen LogP contribution in [0.15, 0.2) is 48.7 Å². The molecule has 0 spiro atoms. The zero-order chi connectivity index (χ0) is 21.2. The van der Waals surface area contributed by atoms with Crippen LogP contribution in [0.5, 0.6) is 0 Å². The van der Waals surface area contributed by atoms with Gasteiger partial charge in [-0.25, -0.2) is 0 Å². The molecule has 31 heavy (non-hydrogen) atoms. The molecular formula is C25H30N4O2. The highest BCUT2D eigenvalue weighted by Crippen LogP contribution is 2.38. The van der Waals surface area contributed by atoms with Gasteiger partial charge in [0.25, 0.3) is 5.91 Å². The monoisotopic (exact) mass is 418 g/mol. The molecule has 2 fully saturated rings. The minimum Gasteiger partial charge on any atom is -0.340 e. The number of piperazine rings is 1. The summed E-state index contributed by atoms with van der Waals surface area (Å²) in [5, 5.41) is 0. The molecule has 3 aliphatic rings. The number of fused-ring (bicyclic) bond motifs is 1. The predicted molar refractivity (Wildman–Crippen MR) is 120 cm³/mol. The Morgan fingerprint density at radius 3 is 2.42 bits per heavy atom. The Kier molecular flexibility index (Phi) is 5.72. The van der Waals surface area contributed by atoms with Gasteiger partial charge >= 0.3 is 0 Å². The summed E-state index contributed by atoms with van der Waals surface area (Å²) in [4.78, 5) is 37.2. The van der Waals surface area contributed by atoms with E-state index >= 15 is 0 Å². The Balaban J connectivity index is 1.30. The third kappa shape index (κ3) is 3.97. The first-order valence-corrected chi connectivity index (χ1v) is 11.6. The van der Waals surface area contributed by atoms with E-state index in [-0.39, 0.29) is 24.3 Å². The number of benzene rings is 1. The Labute approximate surface area is 183 Å². The number of hydrogen-bond acceptors (Lipinski definition) is 4. The molecule has 0 N–H and O–H groups in total.